The van der Waals surface area contributed by atoms with E-state index in [-0.39, 0.29) is 12.5 Å². The molecule has 0 saturated heterocycles. The lowest BCUT2D eigenvalue weighted by atomic mass is 10.1. The van der Waals surface area contributed by atoms with Gasteiger partial charge in [-0.1, -0.05) is 41.9 Å². The molecule has 0 fully saturated rings. The van der Waals surface area contributed by atoms with E-state index in [1.165, 1.54) is 0 Å². The molecule has 3 aromatic rings. The van der Waals surface area contributed by atoms with Crippen LogP contribution in [-0.4, -0.2) is 13.0 Å². The number of carbonyl (C=O) groups is 1. The second-order valence-electron chi connectivity index (χ2n) is 5.57. The molecule has 0 aliphatic heterocycles. The predicted molar refractivity (Wildman–Crippen MR) is 103 cm³/mol. The highest BCUT2D eigenvalue weighted by Gasteiger charge is 2.12. The van der Waals surface area contributed by atoms with Crippen LogP contribution in [0.1, 0.15) is 15.9 Å². The second kappa shape index (κ2) is 8.41. The van der Waals surface area contributed by atoms with Gasteiger partial charge in [0.2, 0.25) is 0 Å². The first-order valence-corrected chi connectivity index (χ1v) is 8.46. The number of anilines is 1. The molecule has 0 aliphatic carbocycles. The highest BCUT2D eigenvalue weighted by Crippen LogP contribution is 2.27. The number of amides is 1. The Hall–Kier alpha value is -2.98. The van der Waals surface area contributed by atoms with Gasteiger partial charge < -0.3 is 14.8 Å². The fourth-order valence-electron chi connectivity index (χ4n) is 2.47. The zero-order valence-corrected chi connectivity index (χ0v) is 15.0. The quantitative estimate of drug-likeness (QED) is 0.653. The van der Waals surface area contributed by atoms with Crippen molar-refractivity contribution in [3.05, 3.63) is 88.9 Å². The maximum atomic E-state index is 12.5. The molecule has 132 valence electrons. The number of benzene rings is 3. The van der Waals surface area contributed by atoms with Crippen molar-refractivity contribution < 1.29 is 14.3 Å². The van der Waals surface area contributed by atoms with Crippen molar-refractivity contribution in [3.8, 4) is 11.5 Å². The van der Waals surface area contributed by atoms with E-state index in [9.17, 15) is 4.79 Å². The van der Waals surface area contributed by atoms with E-state index in [0.717, 1.165) is 11.3 Å². The second-order valence-corrected chi connectivity index (χ2v) is 5.97. The summed E-state index contributed by atoms with van der Waals surface area (Å²) in [5.41, 5.74) is 2.02. The number of halogens is 1. The molecular weight excluding hydrogens is 350 g/mol. The molecule has 0 aromatic heterocycles. The number of carbonyl (C=O) groups excluding carboxylic acids is 1. The smallest absolute Gasteiger partial charge is 0.255 e. The Kier molecular flexibility index (Phi) is 5.77. The first kappa shape index (κ1) is 17.8. The standard InChI is InChI=1S/C21H18ClNO3/c1-25-19-12-11-15(21(24)23-17-7-3-2-4-8-17)13-16(19)14-26-20-10-6-5-9-18(20)22/h2-13H,14H2,1H3,(H,23,24). The molecule has 0 radical (unpaired) electrons. The largest absolute Gasteiger partial charge is 0.496 e. The highest BCUT2D eigenvalue weighted by molar-refractivity contribution is 6.32. The van der Waals surface area contributed by atoms with Crippen LogP contribution >= 0.6 is 11.6 Å². The van der Waals surface area contributed by atoms with Crippen molar-refractivity contribution in [2.45, 2.75) is 6.61 Å². The summed E-state index contributed by atoms with van der Waals surface area (Å²) in [5, 5.41) is 3.40. The van der Waals surface area contributed by atoms with Gasteiger partial charge in [0.15, 0.2) is 0 Å². The van der Waals surface area contributed by atoms with Gasteiger partial charge in [-0.05, 0) is 42.5 Å². The summed E-state index contributed by atoms with van der Waals surface area (Å²) in [5.74, 6) is 1.03. The summed E-state index contributed by atoms with van der Waals surface area (Å²) in [4.78, 5) is 12.5. The van der Waals surface area contributed by atoms with Crippen LogP contribution in [0.2, 0.25) is 5.02 Å². The molecule has 1 N–H and O–H groups in total. The van der Waals surface area contributed by atoms with Gasteiger partial charge in [-0.3, -0.25) is 4.79 Å². The maximum Gasteiger partial charge on any atom is 0.255 e. The van der Waals surface area contributed by atoms with E-state index in [1.807, 2.05) is 42.5 Å². The maximum absolute atomic E-state index is 12.5. The molecule has 0 spiro atoms. The van der Waals surface area contributed by atoms with Crippen LogP contribution in [0.3, 0.4) is 0 Å². The molecule has 0 unspecified atom stereocenters. The van der Waals surface area contributed by atoms with Crippen molar-refractivity contribution >= 4 is 23.2 Å². The van der Waals surface area contributed by atoms with Crippen LogP contribution in [-0.2, 0) is 6.61 Å². The fraction of sp³-hybridized carbons (Fsp3) is 0.0952. The van der Waals surface area contributed by atoms with Gasteiger partial charge in [-0.15, -0.1) is 0 Å². The molecule has 0 bridgehead atoms. The Morgan fingerprint density at radius 3 is 2.42 bits per heavy atom. The highest BCUT2D eigenvalue weighted by atomic mass is 35.5. The minimum Gasteiger partial charge on any atom is -0.496 e. The molecule has 3 aromatic carbocycles. The molecule has 3 rings (SSSR count). The van der Waals surface area contributed by atoms with E-state index in [4.69, 9.17) is 21.1 Å². The van der Waals surface area contributed by atoms with Crippen LogP contribution in [0.5, 0.6) is 11.5 Å². The van der Waals surface area contributed by atoms with Gasteiger partial charge in [0.05, 0.1) is 12.1 Å². The SMILES string of the molecule is COc1ccc(C(=O)Nc2ccccc2)cc1COc1ccccc1Cl. The van der Waals surface area contributed by atoms with Gasteiger partial charge in [-0.2, -0.15) is 0 Å². The van der Waals surface area contributed by atoms with Gasteiger partial charge in [0.25, 0.3) is 5.91 Å². The van der Waals surface area contributed by atoms with Crippen LogP contribution < -0.4 is 14.8 Å². The predicted octanol–water partition coefficient (Wildman–Crippen LogP) is 5.18. The van der Waals surface area contributed by atoms with Crippen molar-refractivity contribution in [2.24, 2.45) is 0 Å². The summed E-state index contributed by atoms with van der Waals surface area (Å²) in [6.07, 6.45) is 0. The third kappa shape index (κ3) is 4.35. The minimum atomic E-state index is -0.196. The van der Waals surface area contributed by atoms with E-state index in [0.29, 0.717) is 22.1 Å². The Morgan fingerprint density at radius 1 is 0.962 bits per heavy atom. The third-order valence-electron chi connectivity index (χ3n) is 3.79. The Bertz CT molecular complexity index is 897. The average molecular weight is 368 g/mol. The van der Waals surface area contributed by atoms with Crippen molar-refractivity contribution in [1.29, 1.82) is 0 Å². The molecule has 26 heavy (non-hydrogen) atoms. The van der Waals surface area contributed by atoms with Gasteiger partial charge in [-0.25, -0.2) is 0 Å². The average Bonchev–Trinajstić information content (AvgIpc) is 2.68. The fourth-order valence-corrected chi connectivity index (χ4v) is 2.66. The van der Waals surface area contributed by atoms with Crippen LogP contribution in [0.4, 0.5) is 5.69 Å². The zero-order valence-electron chi connectivity index (χ0n) is 14.2. The molecule has 0 heterocycles. The molecule has 1 amide bonds. The van der Waals surface area contributed by atoms with Gasteiger partial charge in [0.1, 0.15) is 18.1 Å². The topological polar surface area (TPSA) is 47.6 Å². The Balaban J connectivity index is 1.77. The lowest BCUT2D eigenvalue weighted by Gasteiger charge is -2.13. The van der Waals surface area contributed by atoms with Gasteiger partial charge >= 0.3 is 0 Å². The Labute approximate surface area is 157 Å². The Morgan fingerprint density at radius 2 is 1.69 bits per heavy atom. The van der Waals surface area contributed by atoms with Crippen LogP contribution in [0, 0.1) is 0 Å². The number of hydrogen-bond acceptors (Lipinski definition) is 3. The number of nitrogens with one attached hydrogen (secondary N) is 1. The van der Waals surface area contributed by atoms with E-state index in [1.54, 1.807) is 37.4 Å². The van der Waals surface area contributed by atoms with Crippen LogP contribution in [0.15, 0.2) is 72.8 Å². The molecular formula is C21H18ClNO3. The summed E-state index contributed by atoms with van der Waals surface area (Å²) in [6.45, 7) is 0.235. The van der Waals surface area contributed by atoms with Crippen molar-refractivity contribution in [1.82, 2.24) is 0 Å². The molecule has 0 atom stereocenters. The van der Waals surface area contributed by atoms with Crippen LogP contribution in [0.25, 0.3) is 0 Å². The first-order chi connectivity index (χ1) is 12.7. The van der Waals surface area contributed by atoms with Crippen molar-refractivity contribution in [3.63, 3.8) is 0 Å². The number of ether oxygens (including phenoxy) is 2. The normalized spacial score (nSPS) is 10.2. The van der Waals surface area contributed by atoms with E-state index in [2.05, 4.69) is 5.32 Å². The monoisotopic (exact) mass is 367 g/mol. The first-order valence-electron chi connectivity index (χ1n) is 8.08. The molecule has 0 saturated carbocycles. The summed E-state index contributed by atoms with van der Waals surface area (Å²) in [7, 11) is 1.58. The number of methoxy groups -OCH3 is 1. The summed E-state index contributed by atoms with van der Waals surface area (Å²) >= 11 is 6.12. The van der Waals surface area contributed by atoms with Crippen molar-refractivity contribution in [2.75, 3.05) is 12.4 Å². The minimum absolute atomic E-state index is 0.196. The number of hydrogen-bond donors (Lipinski definition) is 1. The zero-order chi connectivity index (χ0) is 18.4. The number of rotatable bonds is 6. The van der Waals surface area contributed by atoms with E-state index >= 15 is 0 Å². The lowest BCUT2D eigenvalue weighted by Crippen LogP contribution is -2.12. The third-order valence-corrected chi connectivity index (χ3v) is 4.11. The lowest BCUT2D eigenvalue weighted by molar-refractivity contribution is 0.102. The van der Waals surface area contributed by atoms with E-state index < -0.39 is 0 Å². The molecule has 5 heteroatoms. The number of para-hydroxylation sites is 2. The molecule has 4 nitrogen and oxygen atoms in total. The molecule has 0 aliphatic rings. The summed E-state index contributed by atoms with van der Waals surface area (Å²) in [6, 6.07) is 21.8. The summed E-state index contributed by atoms with van der Waals surface area (Å²) < 4.78 is 11.1. The van der Waals surface area contributed by atoms with Gasteiger partial charge in [0, 0.05) is 16.8 Å².